The number of rotatable bonds is 2. The Labute approximate surface area is 104 Å². The van der Waals surface area contributed by atoms with Gasteiger partial charge in [0.15, 0.2) is 0 Å². The number of hydrogen-bond donors (Lipinski definition) is 2. The van der Waals surface area contributed by atoms with Gasteiger partial charge in [-0.25, -0.2) is 0 Å². The first-order valence-electron chi connectivity index (χ1n) is 5.40. The third-order valence-corrected chi connectivity index (χ3v) is 2.61. The molecular weight excluding hydrogens is 230 g/mol. The molecule has 1 aromatic heterocycles. The van der Waals surface area contributed by atoms with Crippen molar-refractivity contribution >= 4 is 17.3 Å². The zero-order valence-electron chi connectivity index (χ0n) is 9.88. The van der Waals surface area contributed by atoms with Crippen LogP contribution in [-0.2, 0) is 0 Å². The predicted molar refractivity (Wildman–Crippen MR) is 70.7 cm³/mol. The molecule has 2 rings (SSSR count). The lowest BCUT2D eigenvalue weighted by atomic mass is 10.2. The Bertz CT molecular complexity index is 617. The van der Waals surface area contributed by atoms with Gasteiger partial charge >= 0.3 is 0 Å². The summed E-state index contributed by atoms with van der Waals surface area (Å²) < 4.78 is 0. The van der Waals surface area contributed by atoms with Crippen molar-refractivity contribution in [1.82, 2.24) is 4.98 Å². The number of pyridine rings is 1. The Hall–Kier alpha value is -2.56. The lowest BCUT2D eigenvalue weighted by Gasteiger charge is -2.17. The molecule has 0 unspecified atom stereocenters. The number of anilines is 2. The molecular formula is C13H13N3O2. The number of nitrogens with zero attached hydrogens (tertiary/aromatic N) is 1. The number of benzene rings is 1. The topological polar surface area (TPSA) is 79.2 Å². The Morgan fingerprint density at radius 3 is 2.50 bits per heavy atom. The summed E-state index contributed by atoms with van der Waals surface area (Å²) in [6.45, 7) is 0. The number of amides is 1. The van der Waals surface area contributed by atoms with Crippen LogP contribution in [0.2, 0.25) is 0 Å². The van der Waals surface area contributed by atoms with Crippen molar-refractivity contribution in [2.75, 3.05) is 17.7 Å². The maximum Gasteiger partial charge on any atom is 0.258 e. The minimum atomic E-state index is -0.299. The summed E-state index contributed by atoms with van der Waals surface area (Å²) in [4.78, 5) is 27.2. The first-order valence-corrected chi connectivity index (χ1v) is 5.40. The molecule has 0 spiro atoms. The fourth-order valence-corrected chi connectivity index (χ4v) is 1.59. The van der Waals surface area contributed by atoms with Crippen LogP contribution < -0.4 is 16.2 Å². The van der Waals surface area contributed by atoms with E-state index >= 15 is 0 Å². The third kappa shape index (κ3) is 2.40. The van der Waals surface area contributed by atoms with Gasteiger partial charge in [-0.05, 0) is 30.3 Å². The van der Waals surface area contributed by atoms with Crippen molar-refractivity contribution in [1.29, 1.82) is 0 Å². The summed E-state index contributed by atoms with van der Waals surface area (Å²) in [6, 6.07) is 9.78. The summed E-state index contributed by atoms with van der Waals surface area (Å²) >= 11 is 0. The summed E-state index contributed by atoms with van der Waals surface area (Å²) in [6.07, 6.45) is 1.45. The Balaban J connectivity index is 2.29. The molecule has 0 atom stereocenters. The zero-order valence-corrected chi connectivity index (χ0v) is 9.88. The summed E-state index contributed by atoms with van der Waals surface area (Å²) in [5, 5.41) is 0. The second kappa shape index (κ2) is 4.75. The highest BCUT2D eigenvalue weighted by atomic mass is 16.2. The van der Waals surface area contributed by atoms with Crippen LogP contribution in [0.5, 0.6) is 0 Å². The van der Waals surface area contributed by atoms with Gasteiger partial charge in [0, 0.05) is 36.2 Å². The van der Waals surface area contributed by atoms with Crippen molar-refractivity contribution in [3.63, 3.8) is 0 Å². The standard InChI is InChI=1S/C13H13N3O2/c1-16(11-4-2-10(14)3-5-11)13(18)9-6-7-15-12(17)8-9/h2-8H,14H2,1H3,(H,15,17). The van der Waals surface area contributed by atoms with Gasteiger partial charge in [0.25, 0.3) is 5.91 Å². The van der Waals surface area contributed by atoms with E-state index in [1.54, 1.807) is 37.4 Å². The number of carbonyl (C=O) groups is 1. The van der Waals surface area contributed by atoms with E-state index in [-0.39, 0.29) is 11.5 Å². The van der Waals surface area contributed by atoms with E-state index < -0.39 is 0 Å². The fourth-order valence-electron chi connectivity index (χ4n) is 1.59. The Morgan fingerprint density at radius 2 is 1.89 bits per heavy atom. The van der Waals surface area contributed by atoms with Crippen LogP contribution in [0.25, 0.3) is 0 Å². The molecule has 1 amide bonds. The van der Waals surface area contributed by atoms with Gasteiger partial charge in [-0.2, -0.15) is 0 Å². The van der Waals surface area contributed by atoms with Crippen molar-refractivity contribution < 1.29 is 4.79 Å². The SMILES string of the molecule is CN(C(=O)c1cc[nH]c(=O)c1)c1ccc(N)cc1. The van der Waals surface area contributed by atoms with Crippen molar-refractivity contribution in [2.45, 2.75) is 0 Å². The van der Waals surface area contributed by atoms with Gasteiger partial charge in [0.1, 0.15) is 0 Å². The number of nitrogens with two attached hydrogens (primary N) is 1. The van der Waals surface area contributed by atoms with E-state index in [1.165, 1.54) is 17.2 Å². The molecule has 3 N–H and O–H groups in total. The molecule has 18 heavy (non-hydrogen) atoms. The van der Waals surface area contributed by atoms with Crippen LogP contribution in [0.4, 0.5) is 11.4 Å². The smallest absolute Gasteiger partial charge is 0.258 e. The van der Waals surface area contributed by atoms with E-state index in [0.717, 1.165) is 5.69 Å². The monoisotopic (exact) mass is 243 g/mol. The van der Waals surface area contributed by atoms with Gasteiger partial charge in [-0.1, -0.05) is 0 Å². The molecule has 0 aliphatic heterocycles. The zero-order chi connectivity index (χ0) is 13.1. The largest absolute Gasteiger partial charge is 0.399 e. The first kappa shape index (κ1) is 11.9. The van der Waals surface area contributed by atoms with Crippen LogP contribution >= 0.6 is 0 Å². The molecule has 1 heterocycles. The average Bonchev–Trinajstić information content (AvgIpc) is 2.38. The second-order valence-electron chi connectivity index (χ2n) is 3.90. The van der Waals surface area contributed by atoms with E-state index in [9.17, 15) is 9.59 Å². The Morgan fingerprint density at radius 1 is 1.22 bits per heavy atom. The number of aromatic nitrogens is 1. The third-order valence-electron chi connectivity index (χ3n) is 2.61. The minimum Gasteiger partial charge on any atom is -0.399 e. The highest BCUT2D eigenvalue weighted by Gasteiger charge is 2.13. The highest BCUT2D eigenvalue weighted by Crippen LogP contribution is 2.16. The number of carbonyl (C=O) groups excluding carboxylic acids is 1. The highest BCUT2D eigenvalue weighted by molar-refractivity contribution is 6.05. The molecule has 2 aromatic rings. The molecule has 0 aliphatic rings. The van der Waals surface area contributed by atoms with E-state index in [0.29, 0.717) is 11.3 Å². The molecule has 92 valence electrons. The molecule has 1 aromatic carbocycles. The number of nitrogen functional groups attached to an aromatic ring is 1. The van der Waals surface area contributed by atoms with Gasteiger partial charge in [0.05, 0.1) is 0 Å². The second-order valence-corrected chi connectivity index (χ2v) is 3.90. The van der Waals surface area contributed by atoms with Gasteiger partial charge in [0.2, 0.25) is 5.56 Å². The normalized spacial score (nSPS) is 10.1. The maximum absolute atomic E-state index is 12.1. The molecule has 0 saturated heterocycles. The van der Waals surface area contributed by atoms with Gasteiger partial charge in [-0.3, -0.25) is 9.59 Å². The lowest BCUT2D eigenvalue weighted by Crippen LogP contribution is -2.27. The number of nitrogens with one attached hydrogen (secondary N) is 1. The van der Waals surface area contributed by atoms with Gasteiger partial charge < -0.3 is 15.6 Å². The molecule has 0 fully saturated rings. The number of aromatic amines is 1. The van der Waals surface area contributed by atoms with Crippen LogP contribution in [0.3, 0.4) is 0 Å². The minimum absolute atomic E-state index is 0.245. The molecule has 0 saturated carbocycles. The van der Waals surface area contributed by atoms with E-state index in [4.69, 9.17) is 5.73 Å². The lowest BCUT2D eigenvalue weighted by molar-refractivity contribution is 0.0993. The van der Waals surface area contributed by atoms with Crippen molar-refractivity contribution in [2.24, 2.45) is 0 Å². The fraction of sp³-hybridized carbons (Fsp3) is 0.0769. The Kier molecular flexibility index (Phi) is 3.14. The predicted octanol–water partition coefficient (Wildman–Crippen LogP) is 1.23. The maximum atomic E-state index is 12.1. The first-order chi connectivity index (χ1) is 8.58. The molecule has 5 heteroatoms. The summed E-state index contributed by atoms with van der Waals surface area (Å²) in [7, 11) is 1.65. The molecule has 0 bridgehead atoms. The van der Waals surface area contributed by atoms with Crippen molar-refractivity contribution in [3.8, 4) is 0 Å². The summed E-state index contributed by atoms with van der Waals surface area (Å²) in [5.41, 5.74) is 6.98. The van der Waals surface area contributed by atoms with Crippen LogP contribution in [0, 0.1) is 0 Å². The van der Waals surface area contributed by atoms with Crippen LogP contribution in [0.1, 0.15) is 10.4 Å². The van der Waals surface area contributed by atoms with Gasteiger partial charge in [-0.15, -0.1) is 0 Å². The quantitative estimate of drug-likeness (QED) is 0.779. The molecule has 5 nitrogen and oxygen atoms in total. The number of hydrogen-bond acceptors (Lipinski definition) is 3. The van der Waals surface area contributed by atoms with E-state index in [1.807, 2.05) is 0 Å². The average molecular weight is 243 g/mol. The molecule has 0 radical (unpaired) electrons. The van der Waals surface area contributed by atoms with Crippen molar-refractivity contribution in [3.05, 3.63) is 58.5 Å². The summed E-state index contributed by atoms with van der Waals surface area (Å²) in [5.74, 6) is -0.245. The molecule has 0 aliphatic carbocycles. The number of H-pyrrole nitrogens is 1. The van der Waals surface area contributed by atoms with E-state index in [2.05, 4.69) is 4.98 Å². The van der Waals surface area contributed by atoms with Crippen LogP contribution in [-0.4, -0.2) is 17.9 Å². The van der Waals surface area contributed by atoms with Crippen LogP contribution in [0.15, 0.2) is 47.4 Å².